The van der Waals surface area contributed by atoms with Crippen LogP contribution in [0, 0.1) is 0 Å². The second kappa shape index (κ2) is 9.97. The molecule has 0 saturated heterocycles. The molecule has 3 rings (SSSR count). The largest absolute Gasteiger partial charge is 0.423 e. The lowest BCUT2D eigenvalue weighted by atomic mass is 9.80. The molecule has 0 aliphatic carbocycles. The van der Waals surface area contributed by atoms with E-state index in [0.717, 1.165) is 19.4 Å². The van der Waals surface area contributed by atoms with E-state index in [1.807, 2.05) is 42.5 Å². The van der Waals surface area contributed by atoms with Crippen LogP contribution in [0.3, 0.4) is 0 Å². The monoisotopic (exact) mass is 402 g/mol. The second-order valence-corrected chi connectivity index (χ2v) is 7.37. The highest BCUT2D eigenvalue weighted by atomic mass is 35.5. The Morgan fingerprint density at radius 3 is 2.15 bits per heavy atom. The van der Waals surface area contributed by atoms with Crippen LogP contribution < -0.4 is 4.74 Å². The molecular formula is C20H18BCl2O2P. The fourth-order valence-electron chi connectivity index (χ4n) is 2.28. The van der Waals surface area contributed by atoms with Gasteiger partial charge < -0.3 is 4.74 Å². The minimum atomic E-state index is -0.924. The van der Waals surface area contributed by atoms with Gasteiger partial charge in [-0.1, -0.05) is 71.7 Å². The summed E-state index contributed by atoms with van der Waals surface area (Å²) in [7, 11) is 7.10. The van der Waals surface area contributed by atoms with E-state index in [2.05, 4.69) is 13.3 Å². The van der Waals surface area contributed by atoms with E-state index in [0.29, 0.717) is 5.56 Å². The molecule has 0 aliphatic heterocycles. The molecule has 2 radical (unpaired) electrons. The number of carbonyl (C=O) groups excluding carboxylic acids is 1. The van der Waals surface area contributed by atoms with Gasteiger partial charge in [-0.05, 0) is 41.8 Å². The van der Waals surface area contributed by atoms with E-state index in [-0.39, 0.29) is 15.8 Å². The highest BCUT2D eigenvalue weighted by Gasteiger charge is 2.20. The normalized spacial score (nSPS) is 11.4. The van der Waals surface area contributed by atoms with E-state index in [1.54, 1.807) is 18.2 Å². The number of hydrogen-bond acceptors (Lipinski definition) is 2. The maximum absolute atomic E-state index is 12.3. The van der Waals surface area contributed by atoms with Crippen LogP contribution >= 0.6 is 31.8 Å². The molecule has 0 saturated carbocycles. The zero-order chi connectivity index (χ0) is 19.1. The highest BCUT2D eigenvalue weighted by molar-refractivity contribution is 7.35. The number of fused-ring (bicyclic) bond motifs is 1. The molecule has 0 spiro atoms. The third-order valence-electron chi connectivity index (χ3n) is 3.51. The van der Waals surface area contributed by atoms with Crippen molar-refractivity contribution in [1.29, 1.82) is 0 Å². The van der Waals surface area contributed by atoms with E-state index in [9.17, 15) is 4.79 Å². The maximum Gasteiger partial charge on any atom is 0.309 e. The van der Waals surface area contributed by atoms with Crippen molar-refractivity contribution in [1.82, 2.24) is 0 Å². The van der Waals surface area contributed by atoms with E-state index < -0.39 is 11.8 Å². The van der Waals surface area contributed by atoms with Gasteiger partial charge in [-0.25, -0.2) is 0 Å². The number of hydrogen-bond donors (Lipinski definition) is 0. The number of benzene rings is 3. The van der Waals surface area contributed by atoms with Gasteiger partial charge in [0, 0.05) is 5.82 Å². The highest BCUT2D eigenvalue weighted by Crippen LogP contribution is 2.33. The number of halogens is 2. The van der Waals surface area contributed by atoms with Crippen LogP contribution in [0.4, 0.5) is 0 Å². The van der Waals surface area contributed by atoms with Gasteiger partial charge in [-0.3, -0.25) is 4.79 Å². The first-order chi connectivity index (χ1) is 12.5. The van der Waals surface area contributed by atoms with Crippen molar-refractivity contribution in [3.05, 3.63) is 76.3 Å². The molecule has 3 aromatic carbocycles. The molecule has 0 heterocycles. The van der Waals surface area contributed by atoms with Crippen LogP contribution in [0.25, 0.3) is 10.8 Å². The van der Waals surface area contributed by atoms with Gasteiger partial charge in [0.05, 0.1) is 17.9 Å². The molecule has 3 aromatic rings. The first kappa shape index (κ1) is 20.8. The Balaban J connectivity index is 0.000000758. The predicted molar refractivity (Wildman–Crippen MR) is 115 cm³/mol. The fourth-order valence-corrected chi connectivity index (χ4v) is 2.76. The van der Waals surface area contributed by atoms with Crippen molar-refractivity contribution in [2.24, 2.45) is 0 Å². The van der Waals surface area contributed by atoms with Crippen LogP contribution in [0.1, 0.15) is 11.4 Å². The Hall–Kier alpha value is -1.54. The summed E-state index contributed by atoms with van der Waals surface area (Å²) in [6.45, 7) is 4.31. The van der Waals surface area contributed by atoms with E-state index in [4.69, 9.17) is 35.8 Å². The van der Waals surface area contributed by atoms with Gasteiger partial charge in [-0.15, -0.1) is 8.58 Å². The molecule has 0 aliphatic rings. The SMILES string of the molecule is CPC.[B]C(C(=O)Oc1c(Cl)cccc1Cl)c1ccc2ccccc2c1. The average molecular weight is 403 g/mol. The van der Waals surface area contributed by atoms with Crippen molar-refractivity contribution in [2.75, 3.05) is 13.3 Å². The standard InChI is InChI=1S/C18H11BCl2O2.C2H7P/c19-16(13-9-8-11-4-1-2-5-12(11)10-13)18(22)23-17-14(20)6-3-7-15(17)21;1-3-2/h1-10,16H;3H,1-2H3. The zero-order valence-electron chi connectivity index (χ0n) is 14.5. The van der Waals surface area contributed by atoms with E-state index in [1.165, 1.54) is 0 Å². The summed E-state index contributed by atoms with van der Waals surface area (Å²) >= 11 is 12.0. The summed E-state index contributed by atoms with van der Waals surface area (Å²) in [5.74, 6) is -1.42. The van der Waals surface area contributed by atoms with Crippen molar-refractivity contribution >= 4 is 56.4 Å². The Labute approximate surface area is 167 Å². The summed E-state index contributed by atoms with van der Waals surface area (Å²) < 4.78 is 5.28. The van der Waals surface area contributed by atoms with Gasteiger partial charge in [0.15, 0.2) is 5.75 Å². The maximum atomic E-state index is 12.3. The molecule has 1 unspecified atom stereocenters. The minimum Gasteiger partial charge on any atom is -0.423 e. The van der Waals surface area contributed by atoms with Gasteiger partial charge >= 0.3 is 5.97 Å². The molecule has 0 fully saturated rings. The third-order valence-corrected chi connectivity index (χ3v) is 4.10. The van der Waals surface area contributed by atoms with Gasteiger partial charge in [0.25, 0.3) is 0 Å². The lowest BCUT2D eigenvalue weighted by Gasteiger charge is -2.14. The molecular weight excluding hydrogens is 385 g/mol. The molecule has 0 amide bonds. The van der Waals surface area contributed by atoms with Crippen molar-refractivity contribution in [3.63, 3.8) is 0 Å². The van der Waals surface area contributed by atoms with Gasteiger partial charge in [-0.2, -0.15) is 0 Å². The first-order valence-electron chi connectivity index (χ1n) is 7.96. The number of carbonyl (C=O) groups is 1. The fraction of sp³-hybridized carbons (Fsp3) is 0.150. The van der Waals surface area contributed by atoms with Crippen molar-refractivity contribution in [3.8, 4) is 5.75 Å². The summed E-state index contributed by atoms with van der Waals surface area (Å²) in [5, 5.41) is 2.60. The number of para-hydroxylation sites is 1. The molecule has 1 atom stereocenters. The third kappa shape index (κ3) is 5.24. The molecule has 2 nitrogen and oxygen atoms in total. The predicted octanol–water partition coefficient (Wildman–Crippen LogP) is 5.89. The summed E-state index contributed by atoms with van der Waals surface area (Å²) in [6, 6.07) is 18.3. The summed E-state index contributed by atoms with van der Waals surface area (Å²) in [6.07, 6.45) is 0. The molecule has 6 heteroatoms. The lowest BCUT2D eigenvalue weighted by Crippen LogP contribution is -2.19. The Kier molecular flexibility index (Phi) is 7.97. The molecule has 0 aromatic heterocycles. The number of esters is 1. The lowest BCUT2D eigenvalue weighted by molar-refractivity contribution is -0.134. The van der Waals surface area contributed by atoms with Crippen LogP contribution in [0.15, 0.2) is 60.7 Å². The molecule has 26 heavy (non-hydrogen) atoms. The minimum absolute atomic E-state index is 0.122. The quantitative estimate of drug-likeness (QED) is 0.236. The Morgan fingerprint density at radius 1 is 0.962 bits per heavy atom. The van der Waals surface area contributed by atoms with Crippen LogP contribution in [0.5, 0.6) is 5.75 Å². The second-order valence-electron chi connectivity index (χ2n) is 5.56. The molecule has 132 valence electrons. The van der Waals surface area contributed by atoms with E-state index >= 15 is 0 Å². The summed E-state index contributed by atoms with van der Waals surface area (Å²) in [4.78, 5) is 12.3. The molecule has 0 N–H and O–H groups in total. The van der Waals surface area contributed by atoms with Crippen LogP contribution in [-0.2, 0) is 4.79 Å². The number of rotatable bonds is 3. The van der Waals surface area contributed by atoms with Crippen LogP contribution in [0.2, 0.25) is 10.0 Å². The first-order valence-corrected chi connectivity index (χ1v) is 10.7. The van der Waals surface area contributed by atoms with Gasteiger partial charge in [0.2, 0.25) is 0 Å². The molecule has 0 bridgehead atoms. The Morgan fingerprint density at radius 2 is 1.54 bits per heavy atom. The Bertz CT molecular complexity index is 882. The smallest absolute Gasteiger partial charge is 0.309 e. The van der Waals surface area contributed by atoms with Gasteiger partial charge in [0.1, 0.15) is 0 Å². The summed E-state index contributed by atoms with van der Waals surface area (Å²) in [5.41, 5.74) is 0.664. The number of ether oxygens (including phenoxy) is 1. The zero-order valence-corrected chi connectivity index (χ0v) is 17.0. The van der Waals surface area contributed by atoms with Crippen molar-refractivity contribution < 1.29 is 9.53 Å². The average Bonchev–Trinajstić information content (AvgIpc) is 2.64. The van der Waals surface area contributed by atoms with Crippen LogP contribution in [-0.4, -0.2) is 27.1 Å². The van der Waals surface area contributed by atoms with Crippen molar-refractivity contribution in [2.45, 2.75) is 5.82 Å². The topological polar surface area (TPSA) is 26.3 Å².